The number of halogens is 4. The molecule has 0 saturated carbocycles. The molecule has 0 radical (unpaired) electrons. The molecule has 1 aromatic heterocycles. The molecule has 2 N–H and O–H groups in total. The Labute approximate surface area is 142 Å². The summed E-state index contributed by atoms with van der Waals surface area (Å²) in [4.78, 5) is 4.29. The van der Waals surface area contributed by atoms with Crippen LogP contribution >= 0.6 is 0 Å². The van der Waals surface area contributed by atoms with Crippen LogP contribution in [0.5, 0.6) is 0 Å². The van der Waals surface area contributed by atoms with Gasteiger partial charge in [-0.05, 0) is 24.6 Å². The lowest BCUT2D eigenvalue weighted by atomic mass is 10.2. The molecule has 2 rings (SSSR count). The standard InChI is InChI=1S/C16H19F4N5/c1-3-21-15(22-8-11-4-6-13(17)7-5-11)23-9-12-10-25(2)24-14(12)16(18,19)20/h4-7,10H,3,8-9H2,1-2H3,(H2,21,22,23). The molecule has 0 atom stereocenters. The summed E-state index contributed by atoms with van der Waals surface area (Å²) in [6.45, 7) is 2.60. The Balaban J connectivity index is 2.07. The summed E-state index contributed by atoms with van der Waals surface area (Å²) < 4.78 is 52.9. The minimum absolute atomic E-state index is 0.0300. The van der Waals surface area contributed by atoms with Crippen LogP contribution in [0.2, 0.25) is 0 Å². The van der Waals surface area contributed by atoms with E-state index in [1.165, 1.54) is 25.4 Å². The Bertz CT molecular complexity index is 719. The average Bonchev–Trinajstić information content (AvgIpc) is 2.93. The predicted molar refractivity (Wildman–Crippen MR) is 86.3 cm³/mol. The fourth-order valence-electron chi connectivity index (χ4n) is 2.19. The maximum absolute atomic E-state index is 13.0. The van der Waals surface area contributed by atoms with Gasteiger partial charge in [-0.3, -0.25) is 4.68 Å². The highest BCUT2D eigenvalue weighted by atomic mass is 19.4. The van der Waals surface area contributed by atoms with Gasteiger partial charge in [0.1, 0.15) is 5.82 Å². The zero-order chi connectivity index (χ0) is 18.4. The van der Waals surface area contributed by atoms with Crippen LogP contribution in [-0.2, 0) is 26.3 Å². The number of alkyl halides is 3. The van der Waals surface area contributed by atoms with Crippen LogP contribution in [0.15, 0.2) is 35.5 Å². The van der Waals surface area contributed by atoms with Gasteiger partial charge in [-0.2, -0.15) is 18.3 Å². The molecular formula is C16H19F4N5. The van der Waals surface area contributed by atoms with Crippen LogP contribution in [0, 0.1) is 5.82 Å². The van der Waals surface area contributed by atoms with Gasteiger partial charge in [-0.1, -0.05) is 12.1 Å². The Kier molecular flexibility index (Phi) is 6.00. The molecule has 0 bridgehead atoms. The van der Waals surface area contributed by atoms with Crippen molar-refractivity contribution in [1.29, 1.82) is 0 Å². The fourth-order valence-corrected chi connectivity index (χ4v) is 2.19. The quantitative estimate of drug-likeness (QED) is 0.492. The molecule has 1 aromatic carbocycles. The first kappa shape index (κ1) is 18.8. The summed E-state index contributed by atoms with van der Waals surface area (Å²) >= 11 is 0. The SMILES string of the molecule is CCNC(=NCc1ccc(F)cc1)NCc1cn(C)nc1C(F)(F)F. The third kappa shape index (κ3) is 5.47. The largest absolute Gasteiger partial charge is 0.435 e. The molecule has 0 aliphatic rings. The lowest BCUT2D eigenvalue weighted by Gasteiger charge is -2.12. The second-order valence-corrected chi connectivity index (χ2v) is 5.35. The molecule has 0 aliphatic carbocycles. The van der Waals surface area contributed by atoms with E-state index in [9.17, 15) is 17.6 Å². The van der Waals surface area contributed by atoms with Gasteiger partial charge in [-0.15, -0.1) is 0 Å². The van der Waals surface area contributed by atoms with Crippen LogP contribution in [-0.4, -0.2) is 22.3 Å². The second kappa shape index (κ2) is 8.00. The molecule has 0 unspecified atom stereocenters. The molecule has 0 aliphatic heterocycles. The van der Waals surface area contributed by atoms with Gasteiger partial charge in [0, 0.05) is 31.9 Å². The summed E-state index contributed by atoms with van der Waals surface area (Å²) in [5, 5.41) is 9.28. The number of aliphatic imine (C=N–C) groups is 1. The van der Waals surface area contributed by atoms with Crippen LogP contribution in [0.4, 0.5) is 17.6 Å². The van der Waals surface area contributed by atoms with E-state index in [4.69, 9.17) is 0 Å². The van der Waals surface area contributed by atoms with E-state index < -0.39 is 11.9 Å². The summed E-state index contributed by atoms with van der Waals surface area (Å²) in [7, 11) is 1.44. The Morgan fingerprint density at radius 1 is 1.20 bits per heavy atom. The van der Waals surface area contributed by atoms with Crippen molar-refractivity contribution in [3.63, 3.8) is 0 Å². The number of benzene rings is 1. The van der Waals surface area contributed by atoms with Crippen LogP contribution in [0.1, 0.15) is 23.7 Å². The minimum Gasteiger partial charge on any atom is -0.357 e. The number of hydrogen-bond donors (Lipinski definition) is 2. The lowest BCUT2D eigenvalue weighted by Crippen LogP contribution is -2.37. The molecule has 136 valence electrons. The highest BCUT2D eigenvalue weighted by molar-refractivity contribution is 5.79. The van der Waals surface area contributed by atoms with Gasteiger partial charge in [-0.25, -0.2) is 9.38 Å². The van der Waals surface area contributed by atoms with E-state index in [0.29, 0.717) is 12.5 Å². The summed E-state index contributed by atoms with van der Waals surface area (Å²) in [5.41, 5.74) is -0.102. The normalized spacial score (nSPS) is 12.3. The number of aromatic nitrogens is 2. The van der Waals surface area contributed by atoms with E-state index >= 15 is 0 Å². The van der Waals surface area contributed by atoms with Crippen molar-refractivity contribution in [3.8, 4) is 0 Å². The molecule has 25 heavy (non-hydrogen) atoms. The van der Waals surface area contributed by atoms with E-state index in [-0.39, 0.29) is 24.5 Å². The van der Waals surface area contributed by atoms with Gasteiger partial charge in [0.25, 0.3) is 0 Å². The molecule has 1 heterocycles. The molecule has 0 saturated heterocycles. The number of nitrogens with one attached hydrogen (secondary N) is 2. The monoisotopic (exact) mass is 357 g/mol. The predicted octanol–water partition coefficient (Wildman–Crippen LogP) is 2.83. The smallest absolute Gasteiger partial charge is 0.357 e. The first-order chi connectivity index (χ1) is 11.8. The van der Waals surface area contributed by atoms with Crippen molar-refractivity contribution in [2.24, 2.45) is 12.0 Å². The molecule has 0 fully saturated rings. The molecular weight excluding hydrogens is 338 g/mol. The molecule has 0 spiro atoms. The van der Waals surface area contributed by atoms with Crippen molar-refractivity contribution in [3.05, 3.63) is 53.1 Å². The third-order valence-corrected chi connectivity index (χ3v) is 3.30. The Morgan fingerprint density at radius 3 is 2.48 bits per heavy atom. The Hall–Kier alpha value is -2.58. The highest BCUT2D eigenvalue weighted by Gasteiger charge is 2.36. The van der Waals surface area contributed by atoms with E-state index in [1.54, 1.807) is 12.1 Å². The first-order valence-corrected chi connectivity index (χ1v) is 7.66. The molecule has 5 nitrogen and oxygen atoms in total. The third-order valence-electron chi connectivity index (χ3n) is 3.30. The number of guanidine groups is 1. The lowest BCUT2D eigenvalue weighted by molar-refractivity contribution is -0.142. The number of nitrogens with zero attached hydrogens (tertiary/aromatic N) is 3. The first-order valence-electron chi connectivity index (χ1n) is 7.66. The number of rotatable bonds is 5. The van der Waals surface area contributed by atoms with Crippen LogP contribution in [0.3, 0.4) is 0 Å². The van der Waals surface area contributed by atoms with Crippen molar-refractivity contribution >= 4 is 5.96 Å². The maximum Gasteiger partial charge on any atom is 0.435 e. The van der Waals surface area contributed by atoms with Crippen molar-refractivity contribution in [2.45, 2.75) is 26.2 Å². The van der Waals surface area contributed by atoms with Gasteiger partial charge in [0.05, 0.1) is 6.54 Å². The Morgan fingerprint density at radius 2 is 1.88 bits per heavy atom. The molecule has 9 heteroatoms. The average molecular weight is 357 g/mol. The van der Waals surface area contributed by atoms with E-state index in [1.807, 2.05) is 6.92 Å². The summed E-state index contributed by atoms with van der Waals surface area (Å²) in [6, 6.07) is 5.86. The summed E-state index contributed by atoms with van der Waals surface area (Å²) in [5.74, 6) is 0.0258. The van der Waals surface area contributed by atoms with Gasteiger partial charge < -0.3 is 10.6 Å². The number of aryl methyl sites for hydroxylation is 1. The highest BCUT2D eigenvalue weighted by Crippen LogP contribution is 2.30. The van der Waals surface area contributed by atoms with Crippen molar-refractivity contribution in [1.82, 2.24) is 20.4 Å². The van der Waals surface area contributed by atoms with Crippen LogP contribution in [0.25, 0.3) is 0 Å². The van der Waals surface area contributed by atoms with Gasteiger partial charge in [0.2, 0.25) is 0 Å². The fraction of sp³-hybridized carbons (Fsp3) is 0.375. The zero-order valence-electron chi connectivity index (χ0n) is 13.9. The van der Waals surface area contributed by atoms with Gasteiger partial charge >= 0.3 is 6.18 Å². The van der Waals surface area contributed by atoms with E-state index in [0.717, 1.165) is 10.2 Å². The molecule has 2 aromatic rings. The van der Waals surface area contributed by atoms with Crippen molar-refractivity contribution < 1.29 is 17.6 Å². The van der Waals surface area contributed by atoms with E-state index in [2.05, 4.69) is 20.7 Å². The van der Waals surface area contributed by atoms with Gasteiger partial charge in [0.15, 0.2) is 11.7 Å². The zero-order valence-corrected chi connectivity index (χ0v) is 13.9. The summed E-state index contributed by atoms with van der Waals surface area (Å²) in [6.07, 6.45) is -3.19. The maximum atomic E-state index is 13.0. The van der Waals surface area contributed by atoms with Crippen molar-refractivity contribution in [2.75, 3.05) is 6.54 Å². The second-order valence-electron chi connectivity index (χ2n) is 5.35. The van der Waals surface area contributed by atoms with Crippen LogP contribution < -0.4 is 10.6 Å². The topological polar surface area (TPSA) is 54.2 Å². The number of hydrogen-bond acceptors (Lipinski definition) is 2. The minimum atomic E-state index is -4.51. The molecule has 0 amide bonds.